The van der Waals surface area contributed by atoms with Gasteiger partial charge in [0.05, 0.1) is 12.2 Å². The van der Waals surface area contributed by atoms with Gasteiger partial charge >= 0.3 is 0 Å². The molecule has 0 unspecified atom stereocenters. The van der Waals surface area contributed by atoms with E-state index in [9.17, 15) is 0 Å². The van der Waals surface area contributed by atoms with Crippen LogP contribution in [0.25, 0.3) is 0 Å². The average Bonchev–Trinajstić information content (AvgIpc) is 2.20. The van der Waals surface area contributed by atoms with E-state index in [0.717, 1.165) is 39.1 Å². The lowest BCUT2D eigenvalue weighted by Gasteiger charge is -2.10. The molecule has 0 amide bonds. The third-order valence-corrected chi connectivity index (χ3v) is 1.92. The zero-order chi connectivity index (χ0) is 12.2. The van der Waals surface area contributed by atoms with Gasteiger partial charge in [-0.2, -0.15) is 0 Å². The molecule has 0 aliphatic carbocycles. The van der Waals surface area contributed by atoms with E-state index in [4.69, 9.17) is 9.47 Å². The Bertz CT molecular complexity index is 125. The zero-order valence-corrected chi connectivity index (χ0v) is 11.2. The molecule has 0 radical (unpaired) electrons. The number of hydrogen-bond acceptors (Lipinski definition) is 4. The van der Waals surface area contributed by atoms with Crippen LogP contribution in [0.1, 0.15) is 40.5 Å². The van der Waals surface area contributed by atoms with Crippen molar-refractivity contribution in [2.45, 2.75) is 52.7 Å². The van der Waals surface area contributed by atoms with Gasteiger partial charge in [-0.05, 0) is 40.5 Å². The molecule has 0 spiro atoms. The first-order valence-electron chi connectivity index (χ1n) is 6.32. The standard InChI is InChI=1S/C12H28N2O2/c1-11(2)15-9-5-7-13-14-8-6-10-16-12(3)4/h11-14H,5-10H2,1-4H3. The molecule has 0 rings (SSSR count). The van der Waals surface area contributed by atoms with Crippen LogP contribution in [0.5, 0.6) is 0 Å². The third kappa shape index (κ3) is 13.8. The van der Waals surface area contributed by atoms with Gasteiger partial charge in [-0.3, -0.25) is 10.9 Å². The van der Waals surface area contributed by atoms with Gasteiger partial charge in [-0.25, -0.2) is 0 Å². The number of nitrogens with one attached hydrogen (secondary N) is 2. The summed E-state index contributed by atoms with van der Waals surface area (Å²) in [5, 5.41) is 0. The molecule has 0 aromatic rings. The molecule has 0 fully saturated rings. The van der Waals surface area contributed by atoms with Crippen LogP contribution in [-0.4, -0.2) is 38.5 Å². The molecule has 0 saturated heterocycles. The molecular weight excluding hydrogens is 204 g/mol. The van der Waals surface area contributed by atoms with Crippen LogP contribution >= 0.6 is 0 Å². The molecular formula is C12H28N2O2. The van der Waals surface area contributed by atoms with Gasteiger partial charge < -0.3 is 9.47 Å². The van der Waals surface area contributed by atoms with Crippen molar-refractivity contribution in [3.8, 4) is 0 Å². The van der Waals surface area contributed by atoms with Crippen molar-refractivity contribution in [3.05, 3.63) is 0 Å². The first-order chi connectivity index (χ1) is 7.63. The summed E-state index contributed by atoms with van der Waals surface area (Å²) in [6, 6.07) is 0. The van der Waals surface area contributed by atoms with Crippen molar-refractivity contribution in [1.29, 1.82) is 0 Å². The molecule has 4 nitrogen and oxygen atoms in total. The highest BCUT2D eigenvalue weighted by Gasteiger charge is 1.94. The van der Waals surface area contributed by atoms with E-state index in [1.807, 2.05) is 0 Å². The minimum Gasteiger partial charge on any atom is -0.379 e. The van der Waals surface area contributed by atoms with Crippen LogP contribution in [0.15, 0.2) is 0 Å². The van der Waals surface area contributed by atoms with E-state index in [-0.39, 0.29) is 0 Å². The van der Waals surface area contributed by atoms with E-state index in [1.165, 1.54) is 0 Å². The monoisotopic (exact) mass is 232 g/mol. The van der Waals surface area contributed by atoms with Crippen LogP contribution in [0.2, 0.25) is 0 Å². The topological polar surface area (TPSA) is 42.5 Å². The van der Waals surface area contributed by atoms with Gasteiger partial charge in [0.25, 0.3) is 0 Å². The predicted octanol–water partition coefficient (Wildman–Crippen LogP) is 1.71. The lowest BCUT2D eigenvalue weighted by atomic mass is 10.4. The Balaban J connectivity index is 2.93. The molecule has 0 heterocycles. The van der Waals surface area contributed by atoms with E-state index < -0.39 is 0 Å². The quantitative estimate of drug-likeness (QED) is 0.420. The fourth-order valence-electron chi connectivity index (χ4n) is 1.14. The van der Waals surface area contributed by atoms with E-state index in [0.29, 0.717) is 12.2 Å². The highest BCUT2D eigenvalue weighted by atomic mass is 16.5. The van der Waals surface area contributed by atoms with Crippen LogP contribution < -0.4 is 10.9 Å². The van der Waals surface area contributed by atoms with E-state index >= 15 is 0 Å². The summed E-state index contributed by atoms with van der Waals surface area (Å²) in [5.74, 6) is 0. The van der Waals surface area contributed by atoms with Gasteiger partial charge in [0.2, 0.25) is 0 Å². The first-order valence-corrected chi connectivity index (χ1v) is 6.32. The Labute approximate surface area is 100 Å². The summed E-state index contributed by atoms with van der Waals surface area (Å²) < 4.78 is 10.9. The number of hydrazine groups is 1. The Morgan fingerprint density at radius 2 is 1.12 bits per heavy atom. The van der Waals surface area contributed by atoms with Crippen molar-refractivity contribution in [1.82, 2.24) is 10.9 Å². The summed E-state index contributed by atoms with van der Waals surface area (Å²) in [5.41, 5.74) is 6.32. The normalized spacial score (nSPS) is 11.6. The largest absolute Gasteiger partial charge is 0.379 e. The second kappa shape index (κ2) is 11.3. The Hall–Kier alpha value is -0.160. The van der Waals surface area contributed by atoms with Crippen LogP contribution in [0.4, 0.5) is 0 Å². The maximum atomic E-state index is 5.43. The van der Waals surface area contributed by atoms with Crippen LogP contribution in [0, 0.1) is 0 Å². The van der Waals surface area contributed by atoms with Crippen LogP contribution in [0.3, 0.4) is 0 Å². The molecule has 2 N–H and O–H groups in total. The van der Waals surface area contributed by atoms with Crippen molar-refractivity contribution < 1.29 is 9.47 Å². The number of rotatable bonds is 11. The number of ether oxygens (including phenoxy) is 2. The number of hydrogen-bond donors (Lipinski definition) is 2. The molecule has 0 aliphatic heterocycles. The maximum absolute atomic E-state index is 5.43. The summed E-state index contributed by atoms with van der Waals surface area (Å²) in [7, 11) is 0. The minimum absolute atomic E-state index is 0.334. The van der Waals surface area contributed by atoms with Gasteiger partial charge in [0.15, 0.2) is 0 Å². The summed E-state index contributed by atoms with van der Waals surface area (Å²) in [4.78, 5) is 0. The summed E-state index contributed by atoms with van der Waals surface area (Å²) >= 11 is 0. The summed E-state index contributed by atoms with van der Waals surface area (Å²) in [6.07, 6.45) is 2.74. The van der Waals surface area contributed by atoms with Crippen molar-refractivity contribution in [2.75, 3.05) is 26.3 Å². The second-order valence-electron chi connectivity index (χ2n) is 4.40. The molecule has 0 aromatic heterocycles. The summed E-state index contributed by atoms with van der Waals surface area (Å²) in [6.45, 7) is 11.8. The molecule has 4 heteroatoms. The van der Waals surface area contributed by atoms with Crippen LogP contribution in [-0.2, 0) is 9.47 Å². The van der Waals surface area contributed by atoms with Gasteiger partial charge in [0, 0.05) is 26.3 Å². The highest BCUT2D eigenvalue weighted by Crippen LogP contribution is 1.89. The Kier molecular flexibility index (Phi) is 11.2. The predicted molar refractivity (Wildman–Crippen MR) is 67.4 cm³/mol. The van der Waals surface area contributed by atoms with Gasteiger partial charge in [0.1, 0.15) is 0 Å². The average molecular weight is 232 g/mol. The molecule has 0 aromatic carbocycles. The highest BCUT2D eigenvalue weighted by molar-refractivity contribution is 4.46. The fraction of sp³-hybridized carbons (Fsp3) is 1.00. The maximum Gasteiger partial charge on any atom is 0.0518 e. The molecule has 0 saturated carbocycles. The molecule has 0 aliphatic rings. The van der Waals surface area contributed by atoms with Gasteiger partial charge in [-0.15, -0.1) is 0 Å². The zero-order valence-electron chi connectivity index (χ0n) is 11.2. The molecule has 0 atom stereocenters. The fourth-order valence-corrected chi connectivity index (χ4v) is 1.14. The Morgan fingerprint density at radius 3 is 1.44 bits per heavy atom. The molecule has 0 bridgehead atoms. The van der Waals surface area contributed by atoms with Crippen molar-refractivity contribution in [3.63, 3.8) is 0 Å². The first kappa shape index (κ1) is 15.8. The van der Waals surface area contributed by atoms with Crippen molar-refractivity contribution in [2.24, 2.45) is 0 Å². The van der Waals surface area contributed by atoms with E-state index in [2.05, 4.69) is 38.5 Å². The molecule has 98 valence electrons. The minimum atomic E-state index is 0.334. The van der Waals surface area contributed by atoms with Crippen molar-refractivity contribution >= 4 is 0 Å². The molecule has 16 heavy (non-hydrogen) atoms. The van der Waals surface area contributed by atoms with Gasteiger partial charge in [-0.1, -0.05) is 0 Å². The SMILES string of the molecule is CC(C)OCCCNNCCCOC(C)C. The lowest BCUT2D eigenvalue weighted by Crippen LogP contribution is -2.34. The van der Waals surface area contributed by atoms with E-state index in [1.54, 1.807) is 0 Å². The second-order valence-corrected chi connectivity index (χ2v) is 4.40. The Morgan fingerprint density at radius 1 is 0.750 bits per heavy atom. The third-order valence-electron chi connectivity index (χ3n) is 1.92. The smallest absolute Gasteiger partial charge is 0.0518 e. The lowest BCUT2D eigenvalue weighted by molar-refractivity contribution is 0.0740.